The molecule has 0 spiro atoms. The molecule has 3 nitrogen and oxygen atoms in total. The van der Waals surface area contributed by atoms with Gasteiger partial charge in [0.25, 0.3) is 0 Å². The second-order valence-corrected chi connectivity index (χ2v) is 20.3. The zero-order valence-electron chi connectivity index (χ0n) is 32.3. The molecule has 0 N–H and O–H groups in total. The van der Waals surface area contributed by atoms with E-state index in [1.807, 2.05) is 6.07 Å². The van der Waals surface area contributed by atoms with Crippen LogP contribution in [0.4, 0.5) is 34.1 Å². The van der Waals surface area contributed by atoms with Crippen LogP contribution in [-0.2, 0) is 0 Å². The van der Waals surface area contributed by atoms with E-state index < -0.39 is 8.07 Å². The molecule has 0 unspecified atom stereocenters. The second-order valence-electron chi connectivity index (χ2n) is 16.1. The van der Waals surface area contributed by atoms with Crippen LogP contribution in [0.1, 0.15) is 0 Å². The summed E-state index contributed by atoms with van der Waals surface area (Å²) in [5.41, 5.74) is 11.3. The molecule has 0 aliphatic carbocycles. The summed E-state index contributed by atoms with van der Waals surface area (Å²) in [5.74, 6) is 0. The Hall–Kier alpha value is -7.14. The quantitative estimate of drug-likeness (QED) is 0.124. The minimum Gasteiger partial charge on any atom is -0.454 e. The van der Waals surface area contributed by atoms with Gasteiger partial charge in [-0.25, -0.2) is 0 Å². The number of fused-ring (bicyclic) bond motifs is 6. The van der Waals surface area contributed by atoms with E-state index in [4.69, 9.17) is 4.42 Å². The van der Waals surface area contributed by atoms with Crippen LogP contribution in [-0.4, -0.2) is 8.07 Å². The molecular weight excluding hydrogens is 721 g/mol. The van der Waals surface area contributed by atoms with Gasteiger partial charge in [-0.15, -0.1) is 0 Å². The predicted molar refractivity (Wildman–Crippen MR) is 249 cm³/mol. The Kier molecular flexibility index (Phi) is 7.08. The molecule has 274 valence electrons. The van der Waals surface area contributed by atoms with E-state index >= 15 is 0 Å². The van der Waals surface area contributed by atoms with Crippen LogP contribution in [0.5, 0.6) is 0 Å². The van der Waals surface area contributed by atoms with Crippen molar-refractivity contribution < 1.29 is 4.42 Å². The van der Waals surface area contributed by atoms with Crippen molar-refractivity contribution >= 4 is 107 Å². The summed E-state index contributed by atoms with van der Waals surface area (Å²) in [5, 5.41) is 12.7. The largest absolute Gasteiger partial charge is 0.454 e. The molecule has 0 saturated carbocycles. The second kappa shape index (κ2) is 12.4. The predicted octanol–water partition coefficient (Wildman–Crippen LogP) is 14.2. The van der Waals surface area contributed by atoms with E-state index in [1.165, 1.54) is 65.2 Å². The number of benzene rings is 10. The Morgan fingerprint density at radius 3 is 1.59 bits per heavy atom. The maximum Gasteiger partial charge on any atom is 0.159 e. The van der Waals surface area contributed by atoms with Crippen molar-refractivity contribution in [3.05, 3.63) is 194 Å². The van der Waals surface area contributed by atoms with E-state index in [1.54, 1.807) is 0 Å². The first-order chi connectivity index (χ1) is 28.6. The molecule has 10 aromatic carbocycles. The normalized spacial score (nSPS) is 13.1. The molecule has 11 aromatic rings. The summed E-state index contributed by atoms with van der Waals surface area (Å²) in [4.78, 5) is 4.91. The highest BCUT2D eigenvalue weighted by atomic mass is 28.3. The Morgan fingerprint density at radius 2 is 0.897 bits per heavy atom. The van der Waals surface area contributed by atoms with Gasteiger partial charge in [-0.2, -0.15) is 0 Å². The highest BCUT2D eigenvalue weighted by Gasteiger charge is 2.40. The van der Waals surface area contributed by atoms with Crippen LogP contribution < -0.4 is 20.2 Å². The van der Waals surface area contributed by atoms with Gasteiger partial charge >= 0.3 is 0 Å². The average Bonchev–Trinajstić information content (AvgIpc) is 3.77. The summed E-state index contributed by atoms with van der Waals surface area (Å²) < 4.78 is 6.68. The fourth-order valence-corrected chi connectivity index (χ4v) is 13.4. The van der Waals surface area contributed by atoms with Crippen LogP contribution >= 0.6 is 0 Å². The van der Waals surface area contributed by atoms with Crippen LogP contribution in [0, 0.1) is 0 Å². The molecule has 4 heteroatoms. The zero-order valence-corrected chi connectivity index (χ0v) is 33.3. The van der Waals surface area contributed by atoms with E-state index in [2.05, 4.69) is 211 Å². The first kappa shape index (κ1) is 33.0. The van der Waals surface area contributed by atoms with Crippen molar-refractivity contribution in [1.29, 1.82) is 0 Å². The molecule has 1 aliphatic rings. The van der Waals surface area contributed by atoms with Crippen molar-refractivity contribution in [2.24, 2.45) is 0 Å². The van der Waals surface area contributed by atoms with E-state index in [0.29, 0.717) is 0 Å². The minimum atomic E-state index is -2.06. The number of hydrogen-bond donors (Lipinski definition) is 0. The molecule has 58 heavy (non-hydrogen) atoms. The van der Waals surface area contributed by atoms with E-state index in [-0.39, 0.29) is 0 Å². The minimum absolute atomic E-state index is 0.878. The highest BCUT2D eigenvalue weighted by Crippen LogP contribution is 2.49. The highest BCUT2D eigenvalue weighted by molar-refractivity contribution is 7.04. The van der Waals surface area contributed by atoms with Crippen molar-refractivity contribution in [1.82, 2.24) is 0 Å². The van der Waals surface area contributed by atoms with Gasteiger partial charge in [0, 0.05) is 38.6 Å². The Labute approximate surface area is 338 Å². The first-order valence-electron chi connectivity index (χ1n) is 20.1. The maximum atomic E-state index is 6.68. The van der Waals surface area contributed by atoms with Crippen LogP contribution in [0.2, 0.25) is 13.1 Å². The van der Waals surface area contributed by atoms with Crippen molar-refractivity contribution in [2.45, 2.75) is 13.1 Å². The Balaban J connectivity index is 1.12. The number of furan rings is 1. The van der Waals surface area contributed by atoms with E-state index in [0.717, 1.165) is 44.7 Å². The van der Waals surface area contributed by atoms with Crippen LogP contribution in [0.25, 0.3) is 65.4 Å². The van der Waals surface area contributed by atoms with Crippen LogP contribution in [0.3, 0.4) is 0 Å². The van der Waals surface area contributed by atoms with Gasteiger partial charge in [0.2, 0.25) is 0 Å². The van der Waals surface area contributed by atoms with Gasteiger partial charge in [-0.05, 0) is 97.6 Å². The maximum absolute atomic E-state index is 6.68. The van der Waals surface area contributed by atoms with Crippen molar-refractivity contribution in [3.63, 3.8) is 0 Å². The summed E-state index contributed by atoms with van der Waals surface area (Å²) in [6.07, 6.45) is 0. The zero-order chi connectivity index (χ0) is 38.5. The van der Waals surface area contributed by atoms with Gasteiger partial charge < -0.3 is 14.2 Å². The third kappa shape index (κ3) is 4.67. The topological polar surface area (TPSA) is 19.6 Å². The third-order valence-electron chi connectivity index (χ3n) is 12.6. The molecule has 0 atom stereocenters. The summed E-state index contributed by atoms with van der Waals surface area (Å²) in [6.45, 7) is 5.03. The van der Waals surface area contributed by atoms with Gasteiger partial charge in [0.15, 0.2) is 5.58 Å². The van der Waals surface area contributed by atoms with Gasteiger partial charge in [0.1, 0.15) is 13.7 Å². The molecule has 0 saturated heterocycles. The lowest BCUT2D eigenvalue weighted by atomic mass is 9.91. The lowest BCUT2D eigenvalue weighted by Crippen LogP contribution is -2.50. The standard InChI is InChI=1S/C54H38N2OSi/c1-58(2)50-26-12-10-20-40(50)42-22-14-24-48(54(42)58)56(38-17-7-4-8-18-38)46-34-30-36-27-31-43-45(33-29-35-28-32-44(46)52(36)51(35)43)55(37-15-5-3-6-16-37)47-23-13-21-41-39-19-9-11-25-49(39)57-53(41)47/h3-34H,1-2H3. The molecule has 2 heterocycles. The van der Waals surface area contributed by atoms with Crippen LogP contribution in [0.15, 0.2) is 199 Å². The monoisotopic (exact) mass is 758 g/mol. The fraction of sp³-hybridized carbons (Fsp3) is 0.0370. The number of para-hydroxylation sites is 4. The number of nitrogens with zero attached hydrogens (tertiary/aromatic N) is 2. The van der Waals surface area contributed by atoms with Crippen molar-refractivity contribution in [3.8, 4) is 11.1 Å². The van der Waals surface area contributed by atoms with Gasteiger partial charge in [-0.1, -0.05) is 153 Å². The molecule has 12 rings (SSSR count). The molecule has 0 radical (unpaired) electrons. The fourth-order valence-electron chi connectivity index (χ4n) is 10.0. The van der Waals surface area contributed by atoms with E-state index in [9.17, 15) is 0 Å². The molecule has 1 aliphatic heterocycles. The lowest BCUT2D eigenvalue weighted by molar-refractivity contribution is 0.669. The summed E-state index contributed by atoms with van der Waals surface area (Å²) >= 11 is 0. The molecule has 0 amide bonds. The SMILES string of the molecule is C[Si]1(C)c2ccccc2-c2cccc(N(c3ccccc3)c3ccc4ccc5c(N(c6ccccc6)c6cccc7c6oc6ccccc67)ccc6ccc3c4c65)c21. The average molecular weight is 759 g/mol. The van der Waals surface area contributed by atoms with Crippen molar-refractivity contribution in [2.75, 3.05) is 9.80 Å². The number of hydrogen-bond acceptors (Lipinski definition) is 3. The Morgan fingerprint density at radius 1 is 0.379 bits per heavy atom. The smallest absolute Gasteiger partial charge is 0.159 e. The lowest BCUT2D eigenvalue weighted by Gasteiger charge is -2.32. The Bertz CT molecular complexity index is 3390. The molecule has 1 aromatic heterocycles. The van der Waals surface area contributed by atoms with Gasteiger partial charge in [-0.3, -0.25) is 0 Å². The number of anilines is 6. The number of rotatable bonds is 6. The molecular formula is C54H38N2OSi. The summed E-state index contributed by atoms with van der Waals surface area (Å²) in [6, 6.07) is 71.0. The van der Waals surface area contributed by atoms with Gasteiger partial charge in [0.05, 0.1) is 17.1 Å². The first-order valence-corrected chi connectivity index (χ1v) is 23.1. The molecule has 0 fully saturated rings. The molecule has 0 bridgehead atoms. The summed E-state index contributed by atoms with van der Waals surface area (Å²) in [7, 11) is -2.06. The third-order valence-corrected chi connectivity index (χ3v) is 16.1.